The molecule has 0 fully saturated rings. The van der Waals surface area contributed by atoms with Crippen molar-refractivity contribution >= 4 is 12.6 Å². The van der Waals surface area contributed by atoms with Crippen LogP contribution >= 0.6 is 0 Å². The van der Waals surface area contributed by atoms with Gasteiger partial charge in [-0.1, -0.05) is 6.07 Å². The van der Waals surface area contributed by atoms with E-state index in [-0.39, 0.29) is 0 Å². The summed E-state index contributed by atoms with van der Waals surface area (Å²) >= 11 is 0. The van der Waals surface area contributed by atoms with E-state index in [0.29, 0.717) is 17.8 Å². The van der Waals surface area contributed by atoms with Crippen LogP contribution < -0.4 is 10.2 Å². The fraction of sp³-hybridized carbons (Fsp3) is 0.308. The average Bonchev–Trinajstić information content (AvgIpc) is 2.65. The Kier molecular flexibility index (Phi) is 3.92. The molecule has 0 amide bonds. The zero-order valence-corrected chi connectivity index (χ0v) is 11.3. The molecule has 19 heavy (non-hydrogen) atoms. The summed E-state index contributed by atoms with van der Waals surface area (Å²) in [6, 6.07) is 7.14. The third-order valence-electron chi connectivity index (χ3n) is 3.01. The molecule has 0 unspecified atom stereocenters. The molecule has 2 N–H and O–H groups in total. The first-order valence-corrected chi connectivity index (χ1v) is 6.06. The summed E-state index contributed by atoms with van der Waals surface area (Å²) in [6.07, 6.45) is 0. The van der Waals surface area contributed by atoms with Crippen molar-refractivity contribution in [2.24, 2.45) is 7.05 Å². The molecule has 1 heterocycles. The SMILES string of the molecule is Cc1cc(COc2ccc(B(O)O)c(C)c2)n(C)n1. The molecule has 6 heteroatoms. The van der Waals surface area contributed by atoms with E-state index in [1.807, 2.05) is 27.0 Å². The second-order valence-electron chi connectivity index (χ2n) is 4.58. The lowest BCUT2D eigenvalue weighted by molar-refractivity contribution is 0.294. The number of aromatic nitrogens is 2. The van der Waals surface area contributed by atoms with E-state index in [2.05, 4.69) is 5.10 Å². The smallest absolute Gasteiger partial charge is 0.487 e. The molecule has 0 saturated carbocycles. The maximum Gasteiger partial charge on any atom is 0.488 e. The zero-order chi connectivity index (χ0) is 14.0. The fourth-order valence-electron chi connectivity index (χ4n) is 1.98. The average molecular weight is 260 g/mol. The molecule has 0 atom stereocenters. The van der Waals surface area contributed by atoms with Gasteiger partial charge in [0.05, 0.1) is 11.4 Å². The highest BCUT2D eigenvalue weighted by molar-refractivity contribution is 6.59. The van der Waals surface area contributed by atoms with Gasteiger partial charge in [-0.05, 0) is 43.1 Å². The van der Waals surface area contributed by atoms with Gasteiger partial charge in [0.1, 0.15) is 12.4 Å². The number of nitrogens with zero attached hydrogens (tertiary/aromatic N) is 2. The monoisotopic (exact) mass is 260 g/mol. The van der Waals surface area contributed by atoms with Crippen molar-refractivity contribution < 1.29 is 14.8 Å². The predicted molar refractivity (Wildman–Crippen MR) is 73.3 cm³/mol. The van der Waals surface area contributed by atoms with Crippen molar-refractivity contribution in [3.05, 3.63) is 41.2 Å². The summed E-state index contributed by atoms with van der Waals surface area (Å²) in [5.41, 5.74) is 3.22. The van der Waals surface area contributed by atoms with Crippen molar-refractivity contribution in [1.29, 1.82) is 0 Å². The van der Waals surface area contributed by atoms with Crippen molar-refractivity contribution in [3.8, 4) is 5.75 Å². The summed E-state index contributed by atoms with van der Waals surface area (Å²) in [6.45, 7) is 4.18. The topological polar surface area (TPSA) is 67.5 Å². The predicted octanol–water partition coefficient (Wildman–Crippen LogP) is 0.296. The quantitative estimate of drug-likeness (QED) is 0.776. The first kappa shape index (κ1) is 13.6. The number of rotatable bonds is 4. The second kappa shape index (κ2) is 5.46. The molecule has 0 radical (unpaired) electrons. The van der Waals surface area contributed by atoms with E-state index >= 15 is 0 Å². The van der Waals surface area contributed by atoms with Crippen LogP contribution in [0.15, 0.2) is 24.3 Å². The molecule has 2 rings (SSSR count). The standard InChI is InChI=1S/C13H17BN2O3/c1-9-6-12(4-5-13(9)14(17)18)19-8-11-7-10(2)15-16(11)3/h4-7,17-18H,8H2,1-3H3. The van der Waals surface area contributed by atoms with Gasteiger partial charge in [-0.25, -0.2) is 0 Å². The number of aryl methyl sites for hydroxylation is 3. The molecule has 0 saturated heterocycles. The van der Waals surface area contributed by atoms with Gasteiger partial charge in [0.15, 0.2) is 0 Å². The van der Waals surface area contributed by atoms with Crippen LogP contribution in [-0.2, 0) is 13.7 Å². The van der Waals surface area contributed by atoms with Crippen LogP contribution in [0.1, 0.15) is 17.0 Å². The molecule has 0 aliphatic heterocycles. The number of benzene rings is 1. The minimum absolute atomic E-state index is 0.428. The van der Waals surface area contributed by atoms with Crippen LogP contribution in [-0.4, -0.2) is 26.9 Å². The summed E-state index contributed by atoms with van der Waals surface area (Å²) in [5, 5.41) is 22.5. The van der Waals surface area contributed by atoms with E-state index in [4.69, 9.17) is 14.8 Å². The third kappa shape index (κ3) is 3.16. The first-order chi connectivity index (χ1) is 8.97. The lowest BCUT2D eigenvalue weighted by atomic mass is 9.77. The van der Waals surface area contributed by atoms with Crippen LogP contribution in [0, 0.1) is 13.8 Å². The van der Waals surface area contributed by atoms with Crippen molar-refractivity contribution in [2.75, 3.05) is 0 Å². The van der Waals surface area contributed by atoms with E-state index < -0.39 is 7.12 Å². The zero-order valence-electron chi connectivity index (χ0n) is 11.3. The van der Waals surface area contributed by atoms with Crippen LogP contribution in [0.2, 0.25) is 0 Å². The highest BCUT2D eigenvalue weighted by Crippen LogP contribution is 2.14. The lowest BCUT2D eigenvalue weighted by Gasteiger charge is -2.09. The van der Waals surface area contributed by atoms with Gasteiger partial charge in [0.25, 0.3) is 0 Å². The molecule has 0 aliphatic carbocycles. The Morgan fingerprint density at radius 2 is 2.00 bits per heavy atom. The lowest BCUT2D eigenvalue weighted by Crippen LogP contribution is -2.31. The third-order valence-corrected chi connectivity index (χ3v) is 3.01. The number of hydrogen-bond donors (Lipinski definition) is 2. The van der Waals surface area contributed by atoms with Gasteiger partial charge in [-0.3, -0.25) is 4.68 Å². The summed E-state index contributed by atoms with van der Waals surface area (Å²) < 4.78 is 7.46. The first-order valence-electron chi connectivity index (χ1n) is 6.06. The Balaban J connectivity index is 2.08. The second-order valence-corrected chi connectivity index (χ2v) is 4.58. The van der Waals surface area contributed by atoms with Gasteiger partial charge >= 0.3 is 7.12 Å². The maximum atomic E-state index is 9.15. The van der Waals surface area contributed by atoms with E-state index in [1.165, 1.54) is 0 Å². The highest BCUT2D eigenvalue weighted by atomic mass is 16.5. The molecule has 0 bridgehead atoms. The summed E-state index contributed by atoms with van der Waals surface area (Å²) in [7, 11) is 0.427. The maximum absolute atomic E-state index is 9.15. The Bertz CT molecular complexity index is 581. The molecule has 5 nitrogen and oxygen atoms in total. The molecule has 2 aromatic rings. The van der Waals surface area contributed by atoms with E-state index in [9.17, 15) is 0 Å². The minimum atomic E-state index is -1.45. The number of ether oxygens (including phenoxy) is 1. The summed E-state index contributed by atoms with van der Waals surface area (Å²) in [5.74, 6) is 0.695. The van der Waals surface area contributed by atoms with Crippen LogP contribution in [0.4, 0.5) is 0 Å². The summed E-state index contributed by atoms with van der Waals surface area (Å²) in [4.78, 5) is 0. The molecular formula is C13H17BN2O3. The molecule has 0 aliphatic rings. The Labute approximate surface area is 112 Å². The normalized spacial score (nSPS) is 10.6. The van der Waals surface area contributed by atoms with Crippen molar-refractivity contribution in [2.45, 2.75) is 20.5 Å². The highest BCUT2D eigenvalue weighted by Gasteiger charge is 2.14. The van der Waals surface area contributed by atoms with Crippen molar-refractivity contribution in [3.63, 3.8) is 0 Å². The van der Waals surface area contributed by atoms with Gasteiger partial charge < -0.3 is 14.8 Å². The largest absolute Gasteiger partial charge is 0.488 e. The Morgan fingerprint density at radius 1 is 1.26 bits per heavy atom. The molecule has 1 aromatic heterocycles. The minimum Gasteiger partial charge on any atom is -0.487 e. The Morgan fingerprint density at radius 3 is 2.53 bits per heavy atom. The molecule has 0 spiro atoms. The van der Waals surface area contributed by atoms with Gasteiger partial charge in [0, 0.05) is 7.05 Å². The molecular weight excluding hydrogens is 243 g/mol. The fourth-order valence-corrected chi connectivity index (χ4v) is 1.98. The van der Waals surface area contributed by atoms with E-state index in [1.54, 1.807) is 22.9 Å². The van der Waals surface area contributed by atoms with Crippen LogP contribution in [0.5, 0.6) is 5.75 Å². The van der Waals surface area contributed by atoms with Crippen LogP contribution in [0.25, 0.3) is 0 Å². The van der Waals surface area contributed by atoms with E-state index in [0.717, 1.165) is 17.0 Å². The molecule has 1 aromatic carbocycles. The van der Waals surface area contributed by atoms with Crippen LogP contribution in [0.3, 0.4) is 0 Å². The van der Waals surface area contributed by atoms with Crippen molar-refractivity contribution in [1.82, 2.24) is 9.78 Å². The van der Waals surface area contributed by atoms with Gasteiger partial charge in [0.2, 0.25) is 0 Å². The number of hydrogen-bond acceptors (Lipinski definition) is 4. The molecule has 100 valence electrons. The van der Waals surface area contributed by atoms with Gasteiger partial charge in [-0.15, -0.1) is 0 Å². The Hall–Kier alpha value is -1.79. The van der Waals surface area contributed by atoms with Gasteiger partial charge in [-0.2, -0.15) is 5.10 Å².